The van der Waals surface area contributed by atoms with Crippen LogP contribution in [0.4, 0.5) is 11.4 Å². The maximum Gasteiger partial charge on any atom is 0.0607 e. The predicted octanol–water partition coefficient (Wildman–Crippen LogP) is 3.32. The first-order valence-corrected chi connectivity index (χ1v) is 3.68. The molecule has 0 saturated heterocycles. The second kappa shape index (κ2) is 3.85. The largest absolute Gasteiger partial charge is 0.388 e. The van der Waals surface area contributed by atoms with Gasteiger partial charge >= 0.3 is 0 Å². The smallest absolute Gasteiger partial charge is 0.0607 e. The van der Waals surface area contributed by atoms with Gasteiger partial charge in [0.1, 0.15) is 0 Å². The van der Waals surface area contributed by atoms with Crippen LogP contribution in [0.25, 0.3) is 10.4 Å². The predicted molar refractivity (Wildman–Crippen MR) is 49.8 cm³/mol. The van der Waals surface area contributed by atoms with Crippen LogP contribution < -0.4 is 5.32 Å². The fourth-order valence-corrected chi connectivity index (χ4v) is 1.02. The van der Waals surface area contributed by atoms with Gasteiger partial charge in [-0.05, 0) is 23.7 Å². The summed E-state index contributed by atoms with van der Waals surface area (Å²) in [5.41, 5.74) is 9.47. The molecule has 1 rings (SSSR count). The van der Waals surface area contributed by atoms with E-state index in [-0.39, 0.29) is 0 Å². The Morgan fingerprint density at radius 2 is 2.33 bits per heavy atom. The summed E-state index contributed by atoms with van der Waals surface area (Å²) in [6.45, 7) is 0. The van der Waals surface area contributed by atoms with Crippen molar-refractivity contribution in [3.63, 3.8) is 0 Å². The minimum atomic E-state index is 0.546. The highest BCUT2D eigenvalue weighted by atomic mass is 35.5. The van der Waals surface area contributed by atoms with Gasteiger partial charge in [-0.1, -0.05) is 16.7 Å². The van der Waals surface area contributed by atoms with Crippen molar-refractivity contribution in [1.29, 1.82) is 0 Å². The summed E-state index contributed by atoms with van der Waals surface area (Å²) in [5, 5.41) is 6.96. The van der Waals surface area contributed by atoms with Gasteiger partial charge in [0.05, 0.1) is 5.69 Å². The SMILES string of the molecule is CNc1cc(Cl)ccc1N=[N+]=[N-]. The zero-order valence-corrected chi connectivity index (χ0v) is 7.21. The van der Waals surface area contributed by atoms with Crippen LogP contribution in [0.3, 0.4) is 0 Å². The van der Waals surface area contributed by atoms with E-state index in [0.717, 1.165) is 5.69 Å². The van der Waals surface area contributed by atoms with E-state index in [0.29, 0.717) is 10.7 Å². The Bertz CT molecular complexity index is 330. The molecule has 0 fully saturated rings. The standard InChI is InChI=1S/C7H7ClN4/c1-10-7-4-5(8)2-3-6(7)11-12-9/h2-4,10H,1H3. The first-order chi connectivity index (χ1) is 5.77. The van der Waals surface area contributed by atoms with E-state index in [9.17, 15) is 0 Å². The molecule has 0 spiro atoms. The number of nitrogens with zero attached hydrogens (tertiary/aromatic N) is 3. The first kappa shape index (κ1) is 8.71. The van der Waals surface area contributed by atoms with Crippen molar-refractivity contribution in [2.24, 2.45) is 5.11 Å². The lowest BCUT2D eigenvalue weighted by Crippen LogP contribution is -1.87. The molecule has 12 heavy (non-hydrogen) atoms. The summed E-state index contributed by atoms with van der Waals surface area (Å²) in [6, 6.07) is 5.03. The molecule has 0 radical (unpaired) electrons. The lowest BCUT2D eigenvalue weighted by atomic mass is 10.3. The van der Waals surface area contributed by atoms with Crippen LogP contribution in [0.5, 0.6) is 0 Å². The molecule has 0 amide bonds. The zero-order valence-electron chi connectivity index (χ0n) is 6.45. The molecule has 0 bridgehead atoms. The summed E-state index contributed by atoms with van der Waals surface area (Å²) in [7, 11) is 1.74. The van der Waals surface area contributed by atoms with Crippen LogP contribution in [0.1, 0.15) is 0 Å². The third kappa shape index (κ3) is 1.81. The number of hydrogen-bond acceptors (Lipinski definition) is 2. The molecule has 0 saturated carbocycles. The van der Waals surface area contributed by atoms with Gasteiger partial charge in [-0.25, -0.2) is 0 Å². The van der Waals surface area contributed by atoms with Crippen molar-refractivity contribution in [2.75, 3.05) is 12.4 Å². The van der Waals surface area contributed by atoms with Gasteiger partial charge in [-0.15, -0.1) is 0 Å². The molecule has 0 atom stereocenters. The Balaban J connectivity index is 3.19. The van der Waals surface area contributed by atoms with Crippen molar-refractivity contribution >= 4 is 23.0 Å². The highest BCUT2D eigenvalue weighted by Gasteiger charge is 1.97. The quantitative estimate of drug-likeness (QED) is 0.426. The summed E-state index contributed by atoms with van der Waals surface area (Å²) in [5.74, 6) is 0. The molecular weight excluding hydrogens is 176 g/mol. The number of nitrogens with one attached hydrogen (secondary N) is 1. The van der Waals surface area contributed by atoms with Gasteiger partial charge in [0.25, 0.3) is 0 Å². The van der Waals surface area contributed by atoms with Crippen molar-refractivity contribution in [3.8, 4) is 0 Å². The fraction of sp³-hybridized carbons (Fsp3) is 0.143. The normalized spacial score (nSPS) is 8.83. The number of anilines is 1. The van der Waals surface area contributed by atoms with Crippen LogP contribution in [-0.4, -0.2) is 7.05 Å². The molecule has 0 unspecified atom stereocenters. The van der Waals surface area contributed by atoms with Crippen molar-refractivity contribution in [3.05, 3.63) is 33.7 Å². The van der Waals surface area contributed by atoms with Crippen molar-refractivity contribution in [1.82, 2.24) is 0 Å². The number of benzene rings is 1. The van der Waals surface area contributed by atoms with Crippen LogP contribution >= 0.6 is 11.6 Å². The van der Waals surface area contributed by atoms with Gasteiger partial charge in [-0.2, -0.15) is 0 Å². The molecule has 0 aliphatic rings. The first-order valence-electron chi connectivity index (χ1n) is 3.30. The zero-order chi connectivity index (χ0) is 8.97. The van der Waals surface area contributed by atoms with Crippen LogP contribution in [-0.2, 0) is 0 Å². The molecule has 1 N–H and O–H groups in total. The lowest BCUT2D eigenvalue weighted by Gasteiger charge is -2.03. The van der Waals surface area contributed by atoms with Crippen LogP contribution in [0, 0.1) is 0 Å². The van der Waals surface area contributed by atoms with E-state index in [4.69, 9.17) is 17.1 Å². The summed E-state index contributed by atoms with van der Waals surface area (Å²) in [6.07, 6.45) is 0. The summed E-state index contributed by atoms with van der Waals surface area (Å²) >= 11 is 5.72. The third-order valence-corrected chi connectivity index (χ3v) is 1.62. The second-order valence-corrected chi connectivity index (χ2v) is 2.54. The van der Waals surface area contributed by atoms with Gasteiger partial charge in [0, 0.05) is 22.7 Å². The minimum Gasteiger partial charge on any atom is -0.388 e. The monoisotopic (exact) mass is 182 g/mol. The molecule has 4 nitrogen and oxygen atoms in total. The maximum absolute atomic E-state index is 8.21. The van der Waals surface area contributed by atoms with E-state index < -0.39 is 0 Å². The van der Waals surface area contributed by atoms with Gasteiger partial charge in [0.2, 0.25) is 0 Å². The Labute approximate surface area is 74.8 Å². The molecule has 1 aromatic rings. The van der Waals surface area contributed by atoms with Gasteiger partial charge in [-0.3, -0.25) is 0 Å². The van der Waals surface area contributed by atoms with Crippen molar-refractivity contribution < 1.29 is 0 Å². The molecule has 0 aliphatic carbocycles. The van der Waals surface area contributed by atoms with Gasteiger partial charge < -0.3 is 5.32 Å². The molecule has 0 heterocycles. The number of azide groups is 1. The molecule has 1 aromatic carbocycles. The average molecular weight is 183 g/mol. The van der Waals surface area contributed by atoms with E-state index >= 15 is 0 Å². The van der Waals surface area contributed by atoms with Gasteiger partial charge in [0.15, 0.2) is 0 Å². The number of halogens is 1. The average Bonchev–Trinajstić information content (AvgIpc) is 2.08. The molecule has 0 aliphatic heterocycles. The molecule has 0 aromatic heterocycles. The Morgan fingerprint density at radius 1 is 1.58 bits per heavy atom. The van der Waals surface area contributed by atoms with Crippen LogP contribution in [0.2, 0.25) is 5.02 Å². The van der Waals surface area contributed by atoms with E-state index in [1.807, 2.05) is 0 Å². The van der Waals surface area contributed by atoms with E-state index in [1.165, 1.54) is 0 Å². The highest BCUT2D eigenvalue weighted by molar-refractivity contribution is 6.31. The van der Waals surface area contributed by atoms with Crippen LogP contribution in [0.15, 0.2) is 23.3 Å². The lowest BCUT2D eigenvalue weighted by molar-refractivity contribution is 1.43. The molecular formula is C7H7ClN4. The molecule has 62 valence electrons. The minimum absolute atomic E-state index is 0.546. The Morgan fingerprint density at radius 3 is 2.92 bits per heavy atom. The number of hydrogen-bond donors (Lipinski definition) is 1. The van der Waals surface area contributed by atoms with Crippen molar-refractivity contribution in [2.45, 2.75) is 0 Å². The third-order valence-electron chi connectivity index (χ3n) is 1.38. The summed E-state index contributed by atoms with van der Waals surface area (Å²) in [4.78, 5) is 2.69. The Hall–Kier alpha value is -1.38. The maximum atomic E-state index is 8.21. The second-order valence-electron chi connectivity index (χ2n) is 2.10. The topological polar surface area (TPSA) is 60.8 Å². The molecule has 5 heteroatoms. The summed E-state index contributed by atoms with van der Waals surface area (Å²) < 4.78 is 0. The fourth-order valence-electron chi connectivity index (χ4n) is 0.844. The van der Waals surface area contributed by atoms with E-state index in [1.54, 1.807) is 25.2 Å². The highest BCUT2D eigenvalue weighted by Crippen LogP contribution is 2.27. The number of rotatable bonds is 2. The Kier molecular flexibility index (Phi) is 2.80. The van der Waals surface area contributed by atoms with E-state index in [2.05, 4.69) is 15.3 Å².